The van der Waals surface area contributed by atoms with Crippen LogP contribution in [-0.2, 0) is 22.4 Å². The minimum absolute atomic E-state index is 0.0911. The summed E-state index contributed by atoms with van der Waals surface area (Å²) in [7, 11) is 0. The number of benzene rings is 3. The fraction of sp³-hybridized carbons (Fsp3) is 0.290. The van der Waals surface area contributed by atoms with Crippen molar-refractivity contribution in [2.75, 3.05) is 24.6 Å². The lowest BCUT2D eigenvalue weighted by atomic mass is 10.0. The molecule has 3 aromatic rings. The number of nitrogens with zero attached hydrogens (tertiary/aromatic N) is 1. The van der Waals surface area contributed by atoms with Gasteiger partial charge >= 0.3 is 5.97 Å². The molecule has 0 saturated carbocycles. The zero-order valence-electron chi connectivity index (χ0n) is 20.9. The van der Waals surface area contributed by atoms with Crippen LogP contribution in [0, 0.1) is 0 Å². The lowest BCUT2D eigenvalue weighted by molar-refractivity contribution is -0.119. The highest BCUT2D eigenvalue weighted by molar-refractivity contribution is 5.91. The number of hydrogen-bond donors (Lipinski definition) is 1. The maximum Gasteiger partial charge on any atom is 0.338 e. The second-order valence-electron chi connectivity index (χ2n) is 9.01. The first-order valence-electron chi connectivity index (χ1n) is 12.8. The topological polar surface area (TPSA) is 58.6 Å². The van der Waals surface area contributed by atoms with E-state index in [9.17, 15) is 9.59 Å². The molecule has 1 aliphatic heterocycles. The van der Waals surface area contributed by atoms with Gasteiger partial charge in [-0.05, 0) is 61.9 Å². The van der Waals surface area contributed by atoms with Crippen LogP contribution in [-0.4, -0.2) is 31.6 Å². The maximum atomic E-state index is 13.2. The molecule has 0 unspecified atom stereocenters. The number of carbonyl (C=O) groups excluding carboxylic acids is 2. The van der Waals surface area contributed by atoms with E-state index in [-0.39, 0.29) is 18.3 Å². The third-order valence-corrected chi connectivity index (χ3v) is 6.38. The molecule has 4 rings (SSSR count). The smallest absolute Gasteiger partial charge is 0.338 e. The molecular weight excluding hydrogens is 448 g/mol. The molecule has 1 amide bonds. The molecule has 3 aromatic carbocycles. The van der Waals surface area contributed by atoms with Crippen LogP contribution in [0.1, 0.15) is 53.2 Å². The van der Waals surface area contributed by atoms with Gasteiger partial charge in [0.05, 0.1) is 18.6 Å². The fourth-order valence-electron chi connectivity index (χ4n) is 4.53. The largest absolute Gasteiger partial charge is 0.462 e. The van der Waals surface area contributed by atoms with E-state index in [0.717, 1.165) is 42.0 Å². The molecule has 0 atom stereocenters. The minimum Gasteiger partial charge on any atom is -0.462 e. The van der Waals surface area contributed by atoms with Crippen LogP contribution in [0.5, 0.6) is 0 Å². The van der Waals surface area contributed by atoms with Crippen molar-refractivity contribution in [2.24, 2.45) is 0 Å². The summed E-state index contributed by atoms with van der Waals surface area (Å²) in [4.78, 5) is 27.5. The number of carbonyl (C=O) groups is 2. The maximum absolute atomic E-state index is 13.2. The molecule has 36 heavy (non-hydrogen) atoms. The molecule has 1 fully saturated rings. The highest BCUT2D eigenvalue weighted by Gasteiger charge is 2.18. The quantitative estimate of drug-likeness (QED) is 0.392. The van der Waals surface area contributed by atoms with Crippen LogP contribution < -0.4 is 10.2 Å². The van der Waals surface area contributed by atoms with Crippen LogP contribution in [0.15, 0.2) is 84.9 Å². The first-order valence-corrected chi connectivity index (χ1v) is 12.8. The third-order valence-electron chi connectivity index (χ3n) is 6.38. The molecule has 5 nitrogen and oxygen atoms in total. The first-order chi connectivity index (χ1) is 17.6. The van der Waals surface area contributed by atoms with Crippen LogP contribution in [0.2, 0.25) is 0 Å². The molecule has 0 spiro atoms. The molecular formula is C31H34N2O3. The van der Waals surface area contributed by atoms with E-state index in [4.69, 9.17) is 4.74 Å². The van der Waals surface area contributed by atoms with Crippen molar-refractivity contribution in [3.05, 3.63) is 107 Å². The number of piperidine rings is 1. The van der Waals surface area contributed by atoms with Crippen molar-refractivity contribution in [3.63, 3.8) is 0 Å². The monoisotopic (exact) mass is 482 g/mol. The third kappa shape index (κ3) is 6.85. The summed E-state index contributed by atoms with van der Waals surface area (Å²) in [5.74, 6) is -0.444. The second-order valence-corrected chi connectivity index (χ2v) is 9.01. The van der Waals surface area contributed by atoms with Gasteiger partial charge in [-0.2, -0.15) is 0 Å². The number of rotatable bonds is 9. The molecule has 186 valence electrons. The van der Waals surface area contributed by atoms with Crippen LogP contribution in [0.3, 0.4) is 0 Å². The Morgan fingerprint density at radius 3 is 2.28 bits per heavy atom. The van der Waals surface area contributed by atoms with Crippen molar-refractivity contribution in [3.8, 4) is 0 Å². The Hall–Kier alpha value is -3.86. The lowest BCUT2D eigenvalue weighted by Gasteiger charge is -2.31. The number of hydrogen-bond acceptors (Lipinski definition) is 4. The molecule has 5 heteroatoms. The summed E-state index contributed by atoms with van der Waals surface area (Å²) < 4.78 is 5.05. The van der Waals surface area contributed by atoms with Gasteiger partial charge in [0.1, 0.15) is 0 Å². The fourth-order valence-corrected chi connectivity index (χ4v) is 4.53. The Kier molecular flexibility index (Phi) is 8.92. The van der Waals surface area contributed by atoms with Gasteiger partial charge in [0.2, 0.25) is 5.91 Å². The summed E-state index contributed by atoms with van der Waals surface area (Å²) in [6, 6.07) is 25.6. The molecule has 1 N–H and O–H groups in total. The van der Waals surface area contributed by atoms with Gasteiger partial charge in [-0.15, -0.1) is 0 Å². The van der Waals surface area contributed by atoms with Crippen molar-refractivity contribution in [1.82, 2.24) is 5.32 Å². The van der Waals surface area contributed by atoms with E-state index in [1.165, 1.54) is 24.8 Å². The predicted octanol–water partition coefficient (Wildman–Crippen LogP) is 5.80. The van der Waals surface area contributed by atoms with E-state index in [0.29, 0.717) is 12.2 Å². The summed E-state index contributed by atoms with van der Waals surface area (Å²) in [5.41, 5.74) is 5.55. The lowest BCUT2D eigenvalue weighted by Crippen LogP contribution is -2.31. The molecule has 0 aromatic heterocycles. The Bertz CT molecular complexity index is 1180. The van der Waals surface area contributed by atoms with Gasteiger partial charge in [0.15, 0.2) is 0 Å². The zero-order valence-corrected chi connectivity index (χ0v) is 20.9. The Labute approximate surface area is 213 Å². The normalized spacial score (nSPS) is 13.8. The van der Waals surface area contributed by atoms with E-state index in [1.54, 1.807) is 31.2 Å². The number of esters is 1. The Balaban J connectivity index is 1.55. The van der Waals surface area contributed by atoms with E-state index >= 15 is 0 Å². The highest BCUT2D eigenvalue weighted by Crippen LogP contribution is 2.29. The number of anilines is 1. The Morgan fingerprint density at radius 2 is 1.56 bits per heavy atom. The second kappa shape index (κ2) is 12.7. The molecule has 0 radical (unpaired) electrons. The molecule has 1 heterocycles. The average Bonchev–Trinajstić information content (AvgIpc) is 2.92. The van der Waals surface area contributed by atoms with Gasteiger partial charge in [-0.1, -0.05) is 66.7 Å². The number of amides is 1. The molecule has 0 bridgehead atoms. The highest BCUT2D eigenvalue weighted by atomic mass is 16.5. The van der Waals surface area contributed by atoms with E-state index in [2.05, 4.69) is 46.6 Å². The van der Waals surface area contributed by atoms with Gasteiger partial charge in [0.25, 0.3) is 0 Å². The number of nitrogens with one attached hydrogen (secondary N) is 1. The van der Waals surface area contributed by atoms with Gasteiger partial charge < -0.3 is 15.0 Å². The SMILES string of the molecule is CCOC(=O)c1ccc(CC(=O)N/C(=C\Cc2ccccc2)c2ccccc2N2CCCCC2)cc1. The van der Waals surface area contributed by atoms with Crippen LogP contribution in [0.25, 0.3) is 5.70 Å². The van der Waals surface area contributed by atoms with Gasteiger partial charge in [-0.25, -0.2) is 4.79 Å². The number of para-hydroxylation sites is 1. The van der Waals surface area contributed by atoms with Crippen molar-refractivity contribution < 1.29 is 14.3 Å². The van der Waals surface area contributed by atoms with Crippen molar-refractivity contribution in [1.29, 1.82) is 0 Å². The predicted molar refractivity (Wildman–Crippen MR) is 145 cm³/mol. The van der Waals surface area contributed by atoms with E-state index < -0.39 is 0 Å². The standard InChI is InChI=1S/C31H34N2O3/c1-2-36-31(35)26-18-15-25(16-19-26)23-30(34)32-28(20-17-24-11-5-3-6-12-24)27-13-7-8-14-29(27)33-21-9-4-10-22-33/h3,5-8,11-16,18-20H,2,4,9-10,17,21-23H2,1H3,(H,32,34)/b28-20-. The van der Waals surface area contributed by atoms with Gasteiger partial charge in [0, 0.05) is 30.0 Å². The summed E-state index contributed by atoms with van der Waals surface area (Å²) in [6.07, 6.45) is 6.69. The number of ether oxygens (including phenoxy) is 1. The number of allylic oxidation sites excluding steroid dienone is 1. The summed E-state index contributed by atoms with van der Waals surface area (Å²) in [5, 5.41) is 3.19. The Morgan fingerprint density at radius 1 is 0.861 bits per heavy atom. The van der Waals surface area contributed by atoms with Crippen molar-refractivity contribution >= 4 is 23.3 Å². The minimum atomic E-state index is -0.353. The summed E-state index contributed by atoms with van der Waals surface area (Å²) >= 11 is 0. The van der Waals surface area contributed by atoms with E-state index in [1.807, 2.05) is 24.3 Å². The molecule has 1 aliphatic rings. The van der Waals surface area contributed by atoms with Gasteiger partial charge in [-0.3, -0.25) is 4.79 Å². The van der Waals surface area contributed by atoms with Crippen LogP contribution >= 0.6 is 0 Å². The van der Waals surface area contributed by atoms with Crippen LogP contribution in [0.4, 0.5) is 5.69 Å². The zero-order chi connectivity index (χ0) is 25.2. The molecule has 1 saturated heterocycles. The summed E-state index contributed by atoms with van der Waals surface area (Å²) in [6.45, 7) is 4.18. The average molecular weight is 483 g/mol. The molecule has 0 aliphatic carbocycles. The van der Waals surface area contributed by atoms with Crippen molar-refractivity contribution in [2.45, 2.75) is 39.0 Å². The first kappa shape index (κ1) is 25.2.